The van der Waals surface area contributed by atoms with E-state index in [9.17, 15) is 5.11 Å². The summed E-state index contributed by atoms with van der Waals surface area (Å²) in [5.74, 6) is 2.23. The van der Waals surface area contributed by atoms with Gasteiger partial charge < -0.3 is 25.2 Å². The highest BCUT2D eigenvalue weighted by Gasteiger charge is 2.12. The largest absolute Gasteiger partial charge is 0.502 e. The van der Waals surface area contributed by atoms with Crippen molar-refractivity contribution < 1.29 is 14.6 Å². The van der Waals surface area contributed by atoms with Gasteiger partial charge in [-0.25, -0.2) is 0 Å². The summed E-state index contributed by atoms with van der Waals surface area (Å²) >= 11 is 0. The van der Waals surface area contributed by atoms with Crippen LogP contribution < -0.4 is 20.1 Å². The molecule has 6 nitrogen and oxygen atoms in total. The lowest BCUT2D eigenvalue weighted by atomic mass is 10.0. The number of ether oxygens (including phenoxy) is 2. The smallest absolute Gasteiger partial charge is 0.200 e. The summed E-state index contributed by atoms with van der Waals surface area (Å²) in [4.78, 5) is 4.26. The topological polar surface area (TPSA) is 75.1 Å². The van der Waals surface area contributed by atoms with E-state index < -0.39 is 0 Å². The molecule has 0 amide bonds. The average molecular weight is 337 g/mol. The van der Waals surface area contributed by atoms with Crippen LogP contribution in [0.4, 0.5) is 0 Å². The van der Waals surface area contributed by atoms with Gasteiger partial charge in [0.2, 0.25) is 5.75 Å². The van der Waals surface area contributed by atoms with E-state index in [-0.39, 0.29) is 5.75 Å². The monoisotopic (exact) mass is 337 g/mol. The summed E-state index contributed by atoms with van der Waals surface area (Å²) in [6.45, 7) is 7.15. The third-order valence-corrected chi connectivity index (χ3v) is 3.78. The number of phenols is 1. The minimum atomic E-state index is 0.00793. The molecule has 0 fully saturated rings. The van der Waals surface area contributed by atoms with Crippen LogP contribution in [0.1, 0.15) is 39.2 Å². The number of rotatable bonds is 8. The van der Waals surface area contributed by atoms with Crippen molar-refractivity contribution in [2.24, 2.45) is 10.9 Å². The molecule has 1 aromatic rings. The molecular formula is C18H31N3O3. The number of benzene rings is 1. The molecule has 1 aromatic carbocycles. The van der Waals surface area contributed by atoms with Crippen LogP contribution in [0.3, 0.4) is 0 Å². The highest BCUT2D eigenvalue weighted by atomic mass is 16.5. The van der Waals surface area contributed by atoms with Crippen molar-refractivity contribution in [1.29, 1.82) is 0 Å². The van der Waals surface area contributed by atoms with E-state index in [4.69, 9.17) is 9.47 Å². The zero-order valence-corrected chi connectivity index (χ0v) is 15.6. The van der Waals surface area contributed by atoms with Crippen molar-refractivity contribution >= 4 is 5.96 Å². The molecule has 0 aliphatic heterocycles. The van der Waals surface area contributed by atoms with E-state index in [1.54, 1.807) is 19.2 Å². The minimum absolute atomic E-state index is 0.00793. The van der Waals surface area contributed by atoms with E-state index in [1.165, 1.54) is 20.6 Å². The van der Waals surface area contributed by atoms with E-state index in [0.717, 1.165) is 17.9 Å². The molecule has 0 heterocycles. The van der Waals surface area contributed by atoms with E-state index in [1.807, 2.05) is 0 Å². The molecule has 6 heteroatoms. The number of aromatic hydroxyl groups is 1. The summed E-state index contributed by atoms with van der Waals surface area (Å²) in [5, 5.41) is 16.6. The predicted octanol–water partition coefficient (Wildman–Crippen LogP) is 2.90. The Labute approximate surface area is 145 Å². The maximum atomic E-state index is 9.95. The maximum Gasteiger partial charge on any atom is 0.200 e. The first-order valence-electron chi connectivity index (χ1n) is 8.32. The Morgan fingerprint density at radius 2 is 1.71 bits per heavy atom. The quantitative estimate of drug-likeness (QED) is 0.502. The highest BCUT2D eigenvalue weighted by molar-refractivity contribution is 5.79. The van der Waals surface area contributed by atoms with Gasteiger partial charge in [-0.05, 0) is 43.4 Å². The van der Waals surface area contributed by atoms with Crippen LogP contribution in [0.25, 0.3) is 0 Å². The zero-order chi connectivity index (χ0) is 18.1. The van der Waals surface area contributed by atoms with Crippen molar-refractivity contribution in [3.05, 3.63) is 17.7 Å². The Kier molecular flexibility index (Phi) is 8.22. The first kappa shape index (κ1) is 19.9. The molecule has 0 aromatic heterocycles. The molecule has 0 aliphatic rings. The Balaban J connectivity index is 2.66. The Hall–Kier alpha value is -2.11. The molecule has 0 aliphatic carbocycles. The average Bonchev–Trinajstić information content (AvgIpc) is 2.57. The van der Waals surface area contributed by atoms with Gasteiger partial charge in [-0.15, -0.1) is 0 Å². The third kappa shape index (κ3) is 6.18. The molecule has 1 atom stereocenters. The van der Waals surface area contributed by atoms with Gasteiger partial charge in [0.05, 0.1) is 14.2 Å². The summed E-state index contributed by atoms with van der Waals surface area (Å²) in [6.07, 6.45) is 2.27. The fourth-order valence-electron chi connectivity index (χ4n) is 2.32. The Morgan fingerprint density at radius 3 is 2.17 bits per heavy atom. The van der Waals surface area contributed by atoms with Crippen molar-refractivity contribution in [2.75, 3.05) is 21.3 Å². The van der Waals surface area contributed by atoms with Crippen LogP contribution in [0.15, 0.2) is 17.1 Å². The van der Waals surface area contributed by atoms with Gasteiger partial charge in [-0.1, -0.05) is 13.8 Å². The predicted molar refractivity (Wildman–Crippen MR) is 98.1 cm³/mol. The fourth-order valence-corrected chi connectivity index (χ4v) is 2.32. The van der Waals surface area contributed by atoms with Crippen molar-refractivity contribution in [1.82, 2.24) is 10.6 Å². The normalized spacial score (nSPS) is 12.9. The van der Waals surface area contributed by atoms with Gasteiger partial charge in [0.1, 0.15) is 0 Å². The van der Waals surface area contributed by atoms with Crippen LogP contribution in [-0.4, -0.2) is 38.4 Å². The van der Waals surface area contributed by atoms with Crippen LogP contribution in [-0.2, 0) is 6.54 Å². The number of hydrogen-bond donors (Lipinski definition) is 3. The summed E-state index contributed by atoms with van der Waals surface area (Å²) in [5.41, 5.74) is 0.930. The lowest BCUT2D eigenvalue weighted by Gasteiger charge is -2.19. The second kappa shape index (κ2) is 9.90. The standard InChI is InChI=1S/C18H31N3O3/c1-12(2)7-8-13(3)21-18(19-4)20-11-14-9-15(23-5)17(22)16(10-14)24-6/h9-10,12-13,22H,7-8,11H2,1-6H3,(H2,19,20,21). The van der Waals surface area contributed by atoms with Gasteiger partial charge >= 0.3 is 0 Å². The minimum Gasteiger partial charge on any atom is -0.502 e. The number of nitrogens with one attached hydrogen (secondary N) is 2. The van der Waals surface area contributed by atoms with Gasteiger partial charge in [-0.2, -0.15) is 0 Å². The van der Waals surface area contributed by atoms with Crippen LogP contribution in [0.2, 0.25) is 0 Å². The van der Waals surface area contributed by atoms with Crippen molar-refractivity contribution in [2.45, 2.75) is 46.2 Å². The molecule has 0 saturated carbocycles. The maximum absolute atomic E-state index is 9.95. The number of phenolic OH excluding ortho intramolecular Hbond substituents is 1. The number of guanidine groups is 1. The van der Waals surface area contributed by atoms with Crippen LogP contribution in [0.5, 0.6) is 17.2 Å². The summed E-state index contributed by atoms with van der Waals surface area (Å²) < 4.78 is 10.4. The fraction of sp³-hybridized carbons (Fsp3) is 0.611. The summed E-state index contributed by atoms with van der Waals surface area (Å²) in [7, 11) is 4.79. The Bertz CT molecular complexity index is 519. The molecule has 1 unspecified atom stereocenters. The van der Waals surface area contributed by atoms with Crippen molar-refractivity contribution in [3.63, 3.8) is 0 Å². The first-order chi connectivity index (χ1) is 11.4. The van der Waals surface area contributed by atoms with E-state index in [2.05, 4.69) is 36.4 Å². The summed E-state index contributed by atoms with van der Waals surface area (Å²) in [6, 6.07) is 3.91. The highest BCUT2D eigenvalue weighted by Crippen LogP contribution is 2.36. The number of nitrogens with zero attached hydrogens (tertiary/aromatic N) is 1. The van der Waals surface area contributed by atoms with Gasteiger partial charge in [0, 0.05) is 19.6 Å². The van der Waals surface area contributed by atoms with Gasteiger partial charge in [0.15, 0.2) is 17.5 Å². The SMILES string of the molecule is CN=C(NCc1cc(OC)c(O)c(OC)c1)NC(C)CCC(C)C. The molecule has 0 saturated heterocycles. The lowest BCUT2D eigenvalue weighted by molar-refractivity contribution is 0.339. The molecular weight excluding hydrogens is 306 g/mol. The second-order valence-corrected chi connectivity index (χ2v) is 6.29. The third-order valence-electron chi connectivity index (χ3n) is 3.78. The Morgan fingerprint density at radius 1 is 1.12 bits per heavy atom. The van der Waals surface area contributed by atoms with Gasteiger partial charge in [0.25, 0.3) is 0 Å². The zero-order valence-electron chi connectivity index (χ0n) is 15.6. The molecule has 0 bridgehead atoms. The van der Waals surface area contributed by atoms with E-state index >= 15 is 0 Å². The first-order valence-corrected chi connectivity index (χ1v) is 8.32. The molecule has 1 rings (SSSR count). The lowest BCUT2D eigenvalue weighted by Crippen LogP contribution is -2.41. The molecule has 136 valence electrons. The molecule has 3 N–H and O–H groups in total. The molecule has 24 heavy (non-hydrogen) atoms. The number of hydrogen-bond acceptors (Lipinski definition) is 4. The van der Waals surface area contributed by atoms with Crippen LogP contribution >= 0.6 is 0 Å². The second-order valence-electron chi connectivity index (χ2n) is 6.29. The number of methoxy groups -OCH3 is 2. The van der Waals surface area contributed by atoms with Gasteiger partial charge in [-0.3, -0.25) is 4.99 Å². The number of aliphatic imine (C=N–C) groups is 1. The molecule has 0 spiro atoms. The van der Waals surface area contributed by atoms with E-state index in [0.29, 0.717) is 30.0 Å². The van der Waals surface area contributed by atoms with Crippen molar-refractivity contribution in [3.8, 4) is 17.2 Å². The van der Waals surface area contributed by atoms with Crippen LogP contribution in [0, 0.1) is 5.92 Å². The molecule has 0 radical (unpaired) electrons.